The van der Waals surface area contributed by atoms with E-state index in [9.17, 15) is 13.6 Å². The Bertz CT molecular complexity index is 856. The summed E-state index contributed by atoms with van der Waals surface area (Å²) in [4.78, 5) is 11.9. The summed E-state index contributed by atoms with van der Waals surface area (Å²) in [5.41, 5.74) is 1.23. The first-order valence-electron chi connectivity index (χ1n) is 7.96. The Morgan fingerprint density at radius 2 is 1.72 bits per heavy atom. The third kappa shape index (κ3) is 4.53. The van der Waals surface area contributed by atoms with Gasteiger partial charge in [0, 0.05) is 19.4 Å². The topological polar surface area (TPSA) is 42.2 Å². The van der Waals surface area contributed by atoms with Gasteiger partial charge in [0.1, 0.15) is 23.2 Å². The van der Waals surface area contributed by atoms with Gasteiger partial charge in [0.2, 0.25) is 5.91 Å². The molecule has 1 aromatic heterocycles. The second kappa shape index (κ2) is 7.75. The fourth-order valence-electron chi connectivity index (χ4n) is 2.45. The molecule has 1 amide bonds. The normalized spacial score (nSPS) is 10.6. The second-order valence-electron chi connectivity index (χ2n) is 5.65. The van der Waals surface area contributed by atoms with Crippen molar-refractivity contribution >= 4 is 5.91 Å². The Morgan fingerprint density at radius 1 is 0.960 bits per heavy atom. The van der Waals surface area contributed by atoms with Gasteiger partial charge < -0.3 is 9.73 Å². The van der Waals surface area contributed by atoms with E-state index in [2.05, 4.69) is 5.32 Å². The summed E-state index contributed by atoms with van der Waals surface area (Å²) in [5.74, 6) is 0.280. The number of benzene rings is 2. The van der Waals surface area contributed by atoms with Crippen molar-refractivity contribution in [2.24, 2.45) is 0 Å². The van der Waals surface area contributed by atoms with E-state index in [4.69, 9.17) is 4.42 Å². The van der Waals surface area contributed by atoms with Gasteiger partial charge in [-0.15, -0.1) is 0 Å². The minimum absolute atomic E-state index is 0.131. The lowest BCUT2D eigenvalue weighted by atomic mass is 10.1. The number of amides is 1. The molecule has 0 aliphatic carbocycles. The number of aryl methyl sites for hydroxylation is 1. The van der Waals surface area contributed by atoms with Crippen LogP contribution < -0.4 is 5.32 Å². The maximum Gasteiger partial charge on any atom is 0.220 e. The van der Waals surface area contributed by atoms with Gasteiger partial charge in [0.05, 0.1) is 5.56 Å². The molecule has 0 unspecified atom stereocenters. The van der Waals surface area contributed by atoms with Gasteiger partial charge in [-0.05, 0) is 42.0 Å². The van der Waals surface area contributed by atoms with Crippen LogP contribution in [0.2, 0.25) is 0 Å². The molecule has 0 aliphatic rings. The lowest BCUT2D eigenvalue weighted by Gasteiger charge is -2.05. The standard InChI is InChI=1S/C20H17F2NO2/c21-15-7-5-14(6-8-15)13-23-20(24)12-10-16-9-11-19(25-16)17-3-1-2-4-18(17)22/h1-9,11H,10,12-13H2,(H,23,24). The van der Waals surface area contributed by atoms with E-state index < -0.39 is 0 Å². The summed E-state index contributed by atoms with van der Waals surface area (Å²) in [6, 6.07) is 15.8. The molecular formula is C20H17F2NO2. The van der Waals surface area contributed by atoms with E-state index in [-0.39, 0.29) is 24.0 Å². The van der Waals surface area contributed by atoms with Crippen LogP contribution in [0.3, 0.4) is 0 Å². The van der Waals surface area contributed by atoms with E-state index in [0.29, 0.717) is 30.0 Å². The van der Waals surface area contributed by atoms with Gasteiger partial charge in [0.25, 0.3) is 0 Å². The van der Waals surface area contributed by atoms with Gasteiger partial charge in [0.15, 0.2) is 0 Å². The molecule has 128 valence electrons. The monoisotopic (exact) mass is 341 g/mol. The van der Waals surface area contributed by atoms with Crippen LogP contribution in [0.15, 0.2) is 65.1 Å². The number of rotatable bonds is 6. The molecule has 3 rings (SSSR count). The zero-order valence-electron chi connectivity index (χ0n) is 13.5. The van der Waals surface area contributed by atoms with E-state index >= 15 is 0 Å². The first-order valence-corrected chi connectivity index (χ1v) is 7.96. The number of carbonyl (C=O) groups is 1. The molecule has 5 heteroatoms. The fraction of sp³-hybridized carbons (Fsp3) is 0.150. The highest BCUT2D eigenvalue weighted by molar-refractivity contribution is 5.76. The minimum Gasteiger partial charge on any atom is -0.461 e. The van der Waals surface area contributed by atoms with Crippen LogP contribution in [-0.4, -0.2) is 5.91 Å². The van der Waals surface area contributed by atoms with Crippen LogP contribution in [0.5, 0.6) is 0 Å². The summed E-state index contributed by atoms with van der Waals surface area (Å²) in [7, 11) is 0. The molecule has 0 radical (unpaired) electrons. The van der Waals surface area contributed by atoms with Gasteiger partial charge in [-0.2, -0.15) is 0 Å². The Hall–Kier alpha value is -2.95. The number of hydrogen-bond donors (Lipinski definition) is 1. The molecule has 2 aromatic carbocycles. The van der Waals surface area contributed by atoms with Crippen LogP contribution in [0, 0.1) is 11.6 Å². The van der Waals surface area contributed by atoms with Crippen molar-refractivity contribution in [1.82, 2.24) is 5.32 Å². The van der Waals surface area contributed by atoms with Crippen LogP contribution in [-0.2, 0) is 17.8 Å². The number of furan rings is 1. The SMILES string of the molecule is O=C(CCc1ccc(-c2ccccc2F)o1)NCc1ccc(F)cc1. The molecule has 1 N–H and O–H groups in total. The van der Waals surface area contributed by atoms with Crippen molar-refractivity contribution in [2.75, 3.05) is 0 Å². The molecule has 0 saturated heterocycles. The number of nitrogens with one attached hydrogen (secondary N) is 1. The first kappa shape index (κ1) is 16.9. The molecule has 0 atom stereocenters. The Kier molecular flexibility index (Phi) is 5.23. The molecule has 0 fully saturated rings. The number of halogens is 2. The molecule has 0 spiro atoms. The van der Waals surface area contributed by atoms with Gasteiger partial charge >= 0.3 is 0 Å². The summed E-state index contributed by atoms with van der Waals surface area (Å²) >= 11 is 0. The zero-order valence-corrected chi connectivity index (χ0v) is 13.5. The first-order chi connectivity index (χ1) is 12.1. The predicted octanol–water partition coefficient (Wildman–Crippen LogP) is 4.47. The molecule has 0 saturated carbocycles. The maximum absolute atomic E-state index is 13.7. The van der Waals surface area contributed by atoms with E-state index in [1.165, 1.54) is 18.2 Å². The second-order valence-corrected chi connectivity index (χ2v) is 5.65. The highest BCUT2D eigenvalue weighted by atomic mass is 19.1. The average molecular weight is 341 g/mol. The summed E-state index contributed by atoms with van der Waals surface area (Å²) in [6.45, 7) is 0.345. The maximum atomic E-state index is 13.7. The van der Waals surface area contributed by atoms with Gasteiger partial charge in [-0.3, -0.25) is 4.79 Å². The molecule has 25 heavy (non-hydrogen) atoms. The minimum atomic E-state index is -0.347. The highest BCUT2D eigenvalue weighted by Crippen LogP contribution is 2.25. The third-order valence-corrected chi connectivity index (χ3v) is 3.80. The van der Waals surface area contributed by atoms with Crippen molar-refractivity contribution in [3.8, 4) is 11.3 Å². The predicted molar refractivity (Wildman–Crippen MR) is 90.7 cm³/mol. The Balaban J connectivity index is 1.51. The average Bonchev–Trinajstić information content (AvgIpc) is 3.08. The summed E-state index contributed by atoms with van der Waals surface area (Å²) in [6.07, 6.45) is 0.676. The molecule has 1 heterocycles. The Labute approximate surface area is 144 Å². The number of hydrogen-bond acceptors (Lipinski definition) is 2. The molecule has 0 aliphatic heterocycles. The van der Waals surface area contributed by atoms with Gasteiger partial charge in [-0.25, -0.2) is 8.78 Å². The van der Waals surface area contributed by atoms with Crippen molar-refractivity contribution in [1.29, 1.82) is 0 Å². The van der Waals surface area contributed by atoms with Crippen molar-refractivity contribution < 1.29 is 18.0 Å². The molecular weight excluding hydrogens is 324 g/mol. The van der Waals surface area contributed by atoms with Crippen molar-refractivity contribution in [2.45, 2.75) is 19.4 Å². The molecule has 3 nitrogen and oxygen atoms in total. The van der Waals surface area contributed by atoms with Crippen LogP contribution >= 0.6 is 0 Å². The van der Waals surface area contributed by atoms with Crippen LogP contribution in [0.1, 0.15) is 17.7 Å². The zero-order chi connectivity index (χ0) is 17.6. The highest BCUT2D eigenvalue weighted by Gasteiger charge is 2.10. The van der Waals surface area contributed by atoms with Gasteiger partial charge in [-0.1, -0.05) is 24.3 Å². The van der Waals surface area contributed by atoms with Crippen molar-refractivity contribution in [3.05, 3.63) is 83.6 Å². The lowest BCUT2D eigenvalue weighted by molar-refractivity contribution is -0.121. The van der Waals surface area contributed by atoms with Crippen LogP contribution in [0.25, 0.3) is 11.3 Å². The molecule has 3 aromatic rings. The summed E-state index contributed by atoms with van der Waals surface area (Å²) < 4.78 is 32.2. The lowest BCUT2D eigenvalue weighted by Crippen LogP contribution is -2.22. The largest absolute Gasteiger partial charge is 0.461 e. The smallest absolute Gasteiger partial charge is 0.220 e. The van der Waals surface area contributed by atoms with E-state index in [1.54, 1.807) is 42.5 Å². The summed E-state index contributed by atoms with van der Waals surface area (Å²) in [5, 5.41) is 2.77. The quantitative estimate of drug-likeness (QED) is 0.718. The Morgan fingerprint density at radius 3 is 2.48 bits per heavy atom. The molecule has 0 bridgehead atoms. The van der Waals surface area contributed by atoms with E-state index in [1.807, 2.05) is 0 Å². The third-order valence-electron chi connectivity index (χ3n) is 3.80. The number of carbonyl (C=O) groups excluding carboxylic acids is 1. The fourth-order valence-corrected chi connectivity index (χ4v) is 2.45. The van der Waals surface area contributed by atoms with E-state index in [0.717, 1.165) is 5.56 Å². The van der Waals surface area contributed by atoms with Crippen LogP contribution in [0.4, 0.5) is 8.78 Å². The van der Waals surface area contributed by atoms with Crippen molar-refractivity contribution in [3.63, 3.8) is 0 Å².